The Labute approximate surface area is 157 Å². The Bertz CT molecular complexity index is 915. The van der Waals surface area contributed by atoms with Gasteiger partial charge in [-0.3, -0.25) is 4.99 Å². The first-order chi connectivity index (χ1) is 12.2. The predicted molar refractivity (Wildman–Crippen MR) is 107 cm³/mol. The molecule has 0 amide bonds. The summed E-state index contributed by atoms with van der Waals surface area (Å²) >= 11 is 12.1. The van der Waals surface area contributed by atoms with Crippen molar-refractivity contribution >= 4 is 40.3 Å². The number of nitrogens with zero attached hydrogens (tertiary/aromatic N) is 1. The molecule has 0 aliphatic carbocycles. The maximum absolute atomic E-state index is 6.05. The van der Waals surface area contributed by atoms with Crippen molar-refractivity contribution in [2.75, 3.05) is 5.32 Å². The first kappa shape index (κ1) is 16.2. The largest absolute Gasteiger partial charge is 0.376 e. The second kappa shape index (κ2) is 6.91. The molecule has 1 N–H and O–H groups in total. The van der Waals surface area contributed by atoms with Crippen LogP contribution in [-0.4, -0.2) is 5.71 Å². The molecule has 0 spiro atoms. The summed E-state index contributed by atoms with van der Waals surface area (Å²) in [6, 6.07) is 24.1. The molecule has 1 aliphatic rings. The fraction of sp³-hybridized carbons (Fsp3) is 0.0952. The van der Waals surface area contributed by atoms with Crippen LogP contribution >= 0.6 is 23.2 Å². The van der Waals surface area contributed by atoms with Crippen molar-refractivity contribution in [3.8, 4) is 0 Å². The minimum Gasteiger partial charge on any atom is -0.376 e. The molecule has 4 rings (SSSR count). The predicted octanol–water partition coefficient (Wildman–Crippen LogP) is 6.67. The van der Waals surface area contributed by atoms with E-state index in [9.17, 15) is 0 Å². The zero-order chi connectivity index (χ0) is 17.2. The lowest BCUT2D eigenvalue weighted by Gasteiger charge is -2.19. The molecule has 0 aromatic heterocycles. The molecule has 3 aromatic rings. The first-order valence-corrected chi connectivity index (χ1v) is 8.89. The monoisotopic (exact) mass is 366 g/mol. The van der Waals surface area contributed by atoms with Crippen LogP contribution in [0.15, 0.2) is 77.8 Å². The highest BCUT2D eigenvalue weighted by atomic mass is 35.5. The van der Waals surface area contributed by atoms with Gasteiger partial charge in [-0.2, -0.15) is 0 Å². The lowest BCUT2D eigenvalue weighted by molar-refractivity contribution is 0.828. The van der Waals surface area contributed by atoms with Crippen molar-refractivity contribution in [2.24, 2.45) is 4.99 Å². The average molecular weight is 367 g/mol. The fourth-order valence-corrected chi connectivity index (χ4v) is 3.29. The molecule has 4 heteroatoms. The topological polar surface area (TPSA) is 24.4 Å². The molecule has 0 fully saturated rings. The van der Waals surface area contributed by atoms with Crippen molar-refractivity contribution in [3.63, 3.8) is 0 Å². The number of halogens is 2. The Balaban J connectivity index is 1.78. The molecule has 2 nitrogen and oxygen atoms in total. The van der Waals surface area contributed by atoms with Crippen LogP contribution in [0, 0.1) is 0 Å². The Morgan fingerprint density at radius 3 is 2.16 bits per heavy atom. The Morgan fingerprint density at radius 2 is 1.44 bits per heavy atom. The first-order valence-electron chi connectivity index (χ1n) is 8.13. The van der Waals surface area contributed by atoms with E-state index in [1.54, 1.807) is 0 Å². The maximum Gasteiger partial charge on any atom is 0.0864 e. The summed E-state index contributed by atoms with van der Waals surface area (Å²) in [5, 5.41) is 5.09. The minimum absolute atomic E-state index is 0.121. The number of hydrogen-bond acceptors (Lipinski definition) is 2. The second-order valence-electron chi connectivity index (χ2n) is 6.04. The van der Waals surface area contributed by atoms with Crippen molar-refractivity contribution in [3.05, 3.63) is 94.0 Å². The van der Waals surface area contributed by atoms with Gasteiger partial charge in [0.2, 0.25) is 0 Å². The van der Waals surface area contributed by atoms with Crippen LogP contribution in [0.1, 0.15) is 23.6 Å². The van der Waals surface area contributed by atoms with E-state index in [0.29, 0.717) is 0 Å². The molecule has 124 valence electrons. The summed E-state index contributed by atoms with van der Waals surface area (Å²) in [5.74, 6) is 0. The van der Waals surface area contributed by atoms with Gasteiger partial charge in [-0.05, 0) is 47.5 Å². The van der Waals surface area contributed by atoms with E-state index < -0.39 is 0 Å². The molecule has 3 aromatic carbocycles. The Kier molecular flexibility index (Phi) is 4.48. The van der Waals surface area contributed by atoms with Gasteiger partial charge < -0.3 is 5.32 Å². The molecular formula is C21H16Cl2N2. The summed E-state index contributed by atoms with van der Waals surface area (Å²) in [6.45, 7) is 0. The van der Waals surface area contributed by atoms with Crippen LogP contribution in [0.25, 0.3) is 0 Å². The second-order valence-corrected chi connectivity index (χ2v) is 6.91. The van der Waals surface area contributed by atoms with Gasteiger partial charge in [0.25, 0.3) is 0 Å². The van der Waals surface area contributed by atoms with E-state index in [4.69, 9.17) is 28.2 Å². The summed E-state index contributed by atoms with van der Waals surface area (Å²) in [7, 11) is 0. The van der Waals surface area contributed by atoms with Crippen LogP contribution in [0.5, 0.6) is 0 Å². The highest BCUT2D eigenvalue weighted by Crippen LogP contribution is 2.35. The van der Waals surface area contributed by atoms with Crippen molar-refractivity contribution in [1.82, 2.24) is 0 Å². The summed E-state index contributed by atoms with van der Waals surface area (Å²) in [5.41, 5.74) is 5.29. The van der Waals surface area contributed by atoms with E-state index >= 15 is 0 Å². The number of anilines is 1. The van der Waals surface area contributed by atoms with E-state index in [-0.39, 0.29) is 6.04 Å². The zero-order valence-corrected chi connectivity index (χ0v) is 14.9. The third-order valence-electron chi connectivity index (χ3n) is 4.34. The molecule has 1 atom stereocenters. The zero-order valence-electron chi connectivity index (χ0n) is 13.4. The smallest absolute Gasteiger partial charge is 0.0864 e. The van der Waals surface area contributed by atoms with Crippen LogP contribution < -0.4 is 5.32 Å². The molecule has 25 heavy (non-hydrogen) atoms. The third kappa shape index (κ3) is 3.55. The van der Waals surface area contributed by atoms with Gasteiger partial charge in [-0.1, -0.05) is 59.6 Å². The molecule has 0 saturated carbocycles. The van der Waals surface area contributed by atoms with E-state index in [1.165, 1.54) is 5.56 Å². The van der Waals surface area contributed by atoms with Gasteiger partial charge in [0.1, 0.15) is 0 Å². The lowest BCUT2D eigenvalue weighted by atomic mass is 9.97. The molecule has 1 heterocycles. The van der Waals surface area contributed by atoms with Gasteiger partial charge in [0.05, 0.1) is 23.1 Å². The number of nitrogens with one attached hydrogen (secondary N) is 1. The summed E-state index contributed by atoms with van der Waals surface area (Å²) in [4.78, 5) is 4.92. The fourth-order valence-electron chi connectivity index (χ4n) is 3.04. The number of hydrogen-bond donors (Lipinski definition) is 1. The lowest BCUT2D eigenvalue weighted by Crippen LogP contribution is -2.14. The molecule has 1 unspecified atom stereocenters. The highest BCUT2D eigenvalue weighted by molar-refractivity contribution is 6.31. The number of fused-ring (bicyclic) bond motifs is 1. The summed E-state index contributed by atoms with van der Waals surface area (Å²) < 4.78 is 0. The van der Waals surface area contributed by atoms with Crippen molar-refractivity contribution < 1.29 is 0 Å². The minimum atomic E-state index is 0.121. The molecule has 0 saturated heterocycles. The Hall–Kier alpha value is -2.29. The van der Waals surface area contributed by atoms with E-state index in [2.05, 4.69) is 23.5 Å². The standard InChI is InChI=1S/C21H16Cl2N2/c22-16-9-5-14(6-10-16)20-13-21(15-7-11-17(23)12-8-15)25-19-4-2-1-3-18(19)24-20/h1-12,20,24H,13H2. The van der Waals surface area contributed by atoms with Gasteiger partial charge >= 0.3 is 0 Å². The molecular weight excluding hydrogens is 351 g/mol. The van der Waals surface area contributed by atoms with E-state index in [0.717, 1.165) is 39.1 Å². The van der Waals surface area contributed by atoms with Gasteiger partial charge in [0, 0.05) is 16.5 Å². The SMILES string of the molecule is Clc1ccc(C2=Nc3ccccc3NC(c3ccc(Cl)cc3)C2)cc1. The van der Waals surface area contributed by atoms with Crippen LogP contribution in [-0.2, 0) is 0 Å². The maximum atomic E-state index is 6.05. The average Bonchev–Trinajstić information content (AvgIpc) is 2.82. The number of rotatable bonds is 2. The quantitative estimate of drug-likeness (QED) is 0.537. The van der Waals surface area contributed by atoms with Crippen LogP contribution in [0.3, 0.4) is 0 Å². The number of aliphatic imine (C=N–C) groups is 1. The van der Waals surface area contributed by atoms with Crippen LogP contribution in [0.4, 0.5) is 11.4 Å². The molecule has 1 aliphatic heterocycles. The van der Waals surface area contributed by atoms with Crippen LogP contribution in [0.2, 0.25) is 10.0 Å². The number of para-hydroxylation sites is 2. The third-order valence-corrected chi connectivity index (χ3v) is 4.84. The van der Waals surface area contributed by atoms with Gasteiger partial charge in [-0.15, -0.1) is 0 Å². The molecule has 0 radical (unpaired) electrons. The summed E-state index contributed by atoms with van der Waals surface area (Å²) in [6.07, 6.45) is 0.776. The van der Waals surface area contributed by atoms with Crippen molar-refractivity contribution in [2.45, 2.75) is 12.5 Å². The van der Waals surface area contributed by atoms with Gasteiger partial charge in [-0.25, -0.2) is 0 Å². The van der Waals surface area contributed by atoms with Crippen molar-refractivity contribution in [1.29, 1.82) is 0 Å². The van der Waals surface area contributed by atoms with Gasteiger partial charge in [0.15, 0.2) is 0 Å². The van der Waals surface area contributed by atoms with E-state index in [1.807, 2.05) is 54.6 Å². The number of benzene rings is 3. The Morgan fingerprint density at radius 1 is 0.800 bits per heavy atom. The molecule has 0 bridgehead atoms. The normalized spacial score (nSPS) is 16.4. The highest BCUT2D eigenvalue weighted by Gasteiger charge is 2.20.